The van der Waals surface area contributed by atoms with Crippen molar-refractivity contribution in [1.82, 2.24) is 0 Å². The van der Waals surface area contributed by atoms with E-state index in [1.807, 2.05) is 0 Å². The van der Waals surface area contributed by atoms with Crippen molar-refractivity contribution in [3.63, 3.8) is 0 Å². The third-order valence-corrected chi connectivity index (χ3v) is 6.28. The molecule has 2 rings (SSSR count). The van der Waals surface area contributed by atoms with Crippen LogP contribution in [0.4, 0.5) is 0 Å². The Labute approximate surface area is 118 Å². The monoisotopic (exact) mass is 272 g/mol. The second-order valence-corrected chi connectivity index (χ2v) is 6.86. The Morgan fingerprint density at radius 1 is 1.11 bits per heavy atom. The van der Waals surface area contributed by atoms with E-state index in [-0.39, 0.29) is 5.41 Å². The molecule has 0 N–H and O–H groups in total. The molecule has 0 saturated heterocycles. The molecular weight excluding hydrogens is 244 g/mol. The maximum atomic E-state index is 6.46. The maximum Gasteiger partial charge on any atom is 0.0663 e. The highest BCUT2D eigenvalue weighted by Crippen LogP contribution is 2.52. The van der Waals surface area contributed by atoms with Gasteiger partial charge in [0.25, 0.3) is 0 Å². The SMILES string of the molecule is CCC1CCCC(OC2CC(Cl)C2(CC)CC)C1. The summed E-state index contributed by atoms with van der Waals surface area (Å²) in [6, 6.07) is 0. The van der Waals surface area contributed by atoms with Gasteiger partial charge in [-0.1, -0.05) is 40.0 Å². The Morgan fingerprint density at radius 2 is 1.83 bits per heavy atom. The van der Waals surface area contributed by atoms with E-state index in [0.29, 0.717) is 17.6 Å². The second-order valence-electron chi connectivity index (χ2n) is 6.33. The molecule has 0 amide bonds. The minimum Gasteiger partial charge on any atom is -0.374 e. The summed E-state index contributed by atoms with van der Waals surface area (Å²) >= 11 is 6.46. The van der Waals surface area contributed by atoms with Crippen LogP contribution in [0.5, 0.6) is 0 Å². The number of ether oxygens (including phenoxy) is 1. The van der Waals surface area contributed by atoms with Gasteiger partial charge in [0.05, 0.1) is 12.2 Å². The van der Waals surface area contributed by atoms with Crippen molar-refractivity contribution in [2.75, 3.05) is 0 Å². The van der Waals surface area contributed by atoms with Crippen molar-refractivity contribution in [3.05, 3.63) is 0 Å². The van der Waals surface area contributed by atoms with Crippen molar-refractivity contribution < 1.29 is 4.74 Å². The van der Waals surface area contributed by atoms with Gasteiger partial charge in [0.1, 0.15) is 0 Å². The Morgan fingerprint density at radius 3 is 2.39 bits per heavy atom. The van der Waals surface area contributed by atoms with Crippen LogP contribution in [0.25, 0.3) is 0 Å². The van der Waals surface area contributed by atoms with Crippen molar-refractivity contribution in [3.8, 4) is 0 Å². The number of rotatable bonds is 5. The second kappa shape index (κ2) is 6.13. The number of halogens is 1. The molecule has 2 fully saturated rings. The first-order chi connectivity index (χ1) is 8.66. The van der Waals surface area contributed by atoms with Gasteiger partial charge in [0.15, 0.2) is 0 Å². The molecule has 2 saturated carbocycles. The molecule has 106 valence electrons. The lowest BCUT2D eigenvalue weighted by atomic mass is 9.62. The van der Waals surface area contributed by atoms with Crippen LogP contribution < -0.4 is 0 Å². The first-order valence-electron chi connectivity index (χ1n) is 7.95. The summed E-state index contributed by atoms with van der Waals surface area (Å²) in [4.78, 5) is 0. The van der Waals surface area contributed by atoms with Crippen LogP contribution in [-0.4, -0.2) is 17.6 Å². The van der Waals surface area contributed by atoms with Gasteiger partial charge in [-0.25, -0.2) is 0 Å². The lowest BCUT2D eigenvalue weighted by Crippen LogP contribution is -2.56. The molecule has 4 unspecified atom stereocenters. The van der Waals surface area contributed by atoms with Crippen molar-refractivity contribution in [1.29, 1.82) is 0 Å². The first-order valence-corrected chi connectivity index (χ1v) is 8.39. The largest absolute Gasteiger partial charge is 0.374 e. The quantitative estimate of drug-likeness (QED) is 0.628. The van der Waals surface area contributed by atoms with Gasteiger partial charge in [0, 0.05) is 10.8 Å². The van der Waals surface area contributed by atoms with Crippen LogP contribution in [0.2, 0.25) is 0 Å². The Bertz CT molecular complexity index is 262. The van der Waals surface area contributed by atoms with Gasteiger partial charge in [-0.2, -0.15) is 0 Å². The number of hydrogen-bond donors (Lipinski definition) is 0. The maximum absolute atomic E-state index is 6.46. The molecule has 0 radical (unpaired) electrons. The van der Waals surface area contributed by atoms with E-state index < -0.39 is 0 Å². The van der Waals surface area contributed by atoms with Crippen LogP contribution in [0.1, 0.15) is 72.1 Å². The van der Waals surface area contributed by atoms with E-state index >= 15 is 0 Å². The molecule has 2 heteroatoms. The zero-order chi connectivity index (χ0) is 13.2. The summed E-state index contributed by atoms with van der Waals surface area (Å²) in [5.41, 5.74) is 0.265. The summed E-state index contributed by atoms with van der Waals surface area (Å²) in [7, 11) is 0. The van der Waals surface area contributed by atoms with Gasteiger partial charge in [-0.05, 0) is 38.0 Å². The Balaban J connectivity index is 1.89. The summed E-state index contributed by atoms with van der Waals surface area (Å²) in [6.07, 6.45) is 10.9. The Kier molecular flexibility index (Phi) is 4.99. The normalized spacial score (nSPS) is 39.3. The molecule has 0 aromatic heterocycles. The summed E-state index contributed by atoms with van der Waals surface area (Å²) in [5, 5.41) is 0.336. The highest BCUT2D eigenvalue weighted by atomic mass is 35.5. The van der Waals surface area contributed by atoms with Gasteiger partial charge < -0.3 is 4.74 Å². The molecule has 0 aliphatic heterocycles. The van der Waals surface area contributed by atoms with E-state index in [2.05, 4.69) is 20.8 Å². The minimum atomic E-state index is 0.265. The molecule has 1 nitrogen and oxygen atoms in total. The average molecular weight is 273 g/mol. The lowest BCUT2D eigenvalue weighted by molar-refractivity contribution is -0.153. The summed E-state index contributed by atoms with van der Waals surface area (Å²) in [6.45, 7) is 6.85. The third kappa shape index (κ3) is 2.58. The summed E-state index contributed by atoms with van der Waals surface area (Å²) in [5.74, 6) is 0.897. The van der Waals surface area contributed by atoms with Gasteiger partial charge in [-0.3, -0.25) is 0 Å². The van der Waals surface area contributed by atoms with E-state index in [1.165, 1.54) is 32.1 Å². The average Bonchev–Trinajstić information content (AvgIpc) is 2.40. The topological polar surface area (TPSA) is 9.23 Å². The lowest BCUT2D eigenvalue weighted by Gasteiger charge is -2.54. The molecule has 2 aliphatic rings. The van der Waals surface area contributed by atoms with Crippen LogP contribution in [-0.2, 0) is 4.74 Å². The fraction of sp³-hybridized carbons (Fsp3) is 1.00. The summed E-state index contributed by atoms with van der Waals surface area (Å²) < 4.78 is 6.44. The van der Waals surface area contributed by atoms with Gasteiger partial charge in [0.2, 0.25) is 0 Å². The molecule has 2 aliphatic carbocycles. The van der Waals surface area contributed by atoms with Gasteiger partial charge >= 0.3 is 0 Å². The zero-order valence-corrected chi connectivity index (χ0v) is 13.0. The third-order valence-electron chi connectivity index (χ3n) is 5.67. The first kappa shape index (κ1) is 14.7. The molecular formula is C16H29ClO. The number of hydrogen-bond acceptors (Lipinski definition) is 1. The fourth-order valence-electron chi connectivity index (χ4n) is 4.01. The predicted octanol–water partition coefficient (Wildman–Crippen LogP) is 5.16. The van der Waals surface area contributed by atoms with E-state index in [0.717, 1.165) is 25.2 Å². The standard InChI is InChI=1S/C16H29ClO/c1-4-12-8-7-9-13(10-12)18-15-11-14(17)16(15,5-2)6-3/h12-15H,4-11H2,1-3H3. The molecule has 0 heterocycles. The molecule has 0 spiro atoms. The Hall–Kier alpha value is 0.250. The fourth-order valence-corrected chi connectivity index (χ4v) is 4.62. The van der Waals surface area contributed by atoms with Crippen LogP contribution >= 0.6 is 11.6 Å². The molecule has 0 aromatic rings. The van der Waals surface area contributed by atoms with E-state index in [9.17, 15) is 0 Å². The number of alkyl halides is 1. The van der Waals surface area contributed by atoms with Crippen molar-refractivity contribution >= 4 is 11.6 Å². The molecule has 18 heavy (non-hydrogen) atoms. The highest BCUT2D eigenvalue weighted by Gasteiger charge is 2.53. The molecule has 0 bridgehead atoms. The van der Waals surface area contributed by atoms with E-state index in [1.54, 1.807) is 0 Å². The van der Waals surface area contributed by atoms with Crippen LogP contribution in [0.15, 0.2) is 0 Å². The zero-order valence-electron chi connectivity index (χ0n) is 12.3. The predicted molar refractivity (Wildman–Crippen MR) is 78.2 cm³/mol. The highest BCUT2D eigenvalue weighted by molar-refractivity contribution is 6.21. The van der Waals surface area contributed by atoms with Crippen molar-refractivity contribution in [2.45, 2.75) is 89.7 Å². The molecule has 0 aromatic carbocycles. The van der Waals surface area contributed by atoms with E-state index in [4.69, 9.17) is 16.3 Å². The van der Waals surface area contributed by atoms with Gasteiger partial charge in [-0.15, -0.1) is 11.6 Å². The van der Waals surface area contributed by atoms with Crippen molar-refractivity contribution in [2.24, 2.45) is 11.3 Å². The smallest absolute Gasteiger partial charge is 0.0663 e. The van der Waals surface area contributed by atoms with Crippen LogP contribution in [0, 0.1) is 11.3 Å². The molecule has 4 atom stereocenters. The minimum absolute atomic E-state index is 0.265. The van der Waals surface area contributed by atoms with Crippen LogP contribution in [0.3, 0.4) is 0 Å².